The molecule has 0 bridgehead atoms. The van der Waals surface area contributed by atoms with Gasteiger partial charge in [-0.2, -0.15) is 0 Å². The zero-order valence-corrected chi connectivity index (χ0v) is 16.7. The standard InChI is InChI=1S/C22H29N3O3/c1-3-18-6-4-5-14-25(18)22(26)17-7-12-21(24-16-17)23-13-15-28-20-10-8-19(27-2)9-11-20/h7-12,16,18H,3-6,13-15H2,1-2H3,(H,23,24). The molecule has 6 heteroatoms. The molecule has 2 heterocycles. The molecule has 1 aromatic carbocycles. The van der Waals surface area contributed by atoms with Crippen molar-refractivity contribution in [1.29, 1.82) is 0 Å². The first-order chi connectivity index (χ1) is 13.7. The highest BCUT2D eigenvalue weighted by Crippen LogP contribution is 2.22. The highest BCUT2D eigenvalue weighted by Gasteiger charge is 2.26. The van der Waals surface area contributed by atoms with E-state index in [-0.39, 0.29) is 5.91 Å². The van der Waals surface area contributed by atoms with Crippen molar-refractivity contribution >= 4 is 11.7 Å². The molecule has 0 radical (unpaired) electrons. The fraction of sp³-hybridized carbons (Fsp3) is 0.455. The van der Waals surface area contributed by atoms with Gasteiger partial charge in [0.1, 0.15) is 23.9 Å². The van der Waals surface area contributed by atoms with Crippen molar-refractivity contribution in [2.75, 3.05) is 32.1 Å². The maximum absolute atomic E-state index is 12.8. The van der Waals surface area contributed by atoms with Crippen LogP contribution in [-0.4, -0.2) is 48.6 Å². The largest absolute Gasteiger partial charge is 0.497 e. The maximum Gasteiger partial charge on any atom is 0.255 e. The lowest BCUT2D eigenvalue weighted by Gasteiger charge is -2.35. The number of likely N-dealkylation sites (tertiary alicyclic amines) is 1. The van der Waals surface area contributed by atoms with Crippen LogP contribution in [0.3, 0.4) is 0 Å². The number of piperidine rings is 1. The molecular weight excluding hydrogens is 354 g/mol. The Balaban J connectivity index is 1.46. The fourth-order valence-corrected chi connectivity index (χ4v) is 3.50. The van der Waals surface area contributed by atoms with Gasteiger partial charge < -0.3 is 19.7 Å². The van der Waals surface area contributed by atoms with E-state index in [2.05, 4.69) is 17.2 Å². The van der Waals surface area contributed by atoms with Gasteiger partial charge in [0.25, 0.3) is 5.91 Å². The second kappa shape index (κ2) is 9.97. The number of carbonyl (C=O) groups is 1. The second-order valence-corrected chi connectivity index (χ2v) is 6.94. The van der Waals surface area contributed by atoms with Gasteiger partial charge in [-0.15, -0.1) is 0 Å². The highest BCUT2D eigenvalue weighted by molar-refractivity contribution is 5.94. The quantitative estimate of drug-likeness (QED) is 0.699. The predicted molar refractivity (Wildman–Crippen MR) is 110 cm³/mol. The van der Waals surface area contributed by atoms with Crippen LogP contribution in [0.4, 0.5) is 5.82 Å². The lowest BCUT2D eigenvalue weighted by molar-refractivity contribution is 0.0607. The molecule has 150 valence electrons. The number of amides is 1. The van der Waals surface area contributed by atoms with E-state index in [1.807, 2.05) is 41.3 Å². The summed E-state index contributed by atoms with van der Waals surface area (Å²) in [4.78, 5) is 19.2. The van der Waals surface area contributed by atoms with Gasteiger partial charge in [-0.1, -0.05) is 6.92 Å². The Morgan fingerprint density at radius 3 is 2.64 bits per heavy atom. The van der Waals surface area contributed by atoms with Crippen molar-refractivity contribution in [3.63, 3.8) is 0 Å². The van der Waals surface area contributed by atoms with E-state index >= 15 is 0 Å². The zero-order chi connectivity index (χ0) is 19.8. The van der Waals surface area contributed by atoms with Crippen LogP contribution in [-0.2, 0) is 0 Å². The van der Waals surface area contributed by atoms with Crippen LogP contribution in [0.5, 0.6) is 11.5 Å². The number of anilines is 1. The molecule has 0 saturated carbocycles. The molecule has 28 heavy (non-hydrogen) atoms. The molecule has 1 amide bonds. The van der Waals surface area contributed by atoms with E-state index in [1.54, 1.807) is 13.3 Å². The van der Waals surface area contributed by atoms with Gasteiger partial charge in [-0.25, -0.2) is 4.98 Å². The van der Waals surface area contributed by atoms with Crippen LogP contribution in [0.15, 0.2) is 42.6 Å². The molecule has 1 aromatic heterocycles. The number of pyridine rings is 1. The van der Waals surface area contributed by atoms with Crippen LogP contribution in [0.2, 0.25) is 0 Å². The number of ether oxygens (including phenoxy) is 2. The number of nitrogens with one attached hydrogen (secondary N) is 1. The lowest BCUT2D eigenvalue weighted by Crippen LogP contribution is -2.43. The van der Waals surface area contributed by atoms with Crippen molar-refractivity contribution < 1.29 is 14.3 Å². The molecule has 6 nitrogen and oxygen atoms in total. The molecule has 0 spiro atoms. The van der Waals surface area contributed by atoms with Crippen molar-refractivity contribution in [3.8, 4) is 11.5 Å². The van der Waals surface area contributed by atoms with Crippen molar-refractivity contribution in [2.45, 2.75) is 38.6 Å². The number of hydrogen-bond acceptors (Lipinski definition) is 5. The Labute approximate surface area is 166 Å². The van der Waals surface area contributed by atoms with E-state index in [1.165, 1.54) is 6.42 Å². The third-order valence-corrected chi connectivity index (χ3v) is 5.11. The van der Waals surface area contributed by atoms with E-state index in [0.717, 1.165) is 43.1 Å². The summed E-state index contributed by atoms with van der Waals surface area (Å²) >= 11 is 0. The average Bonchev–Trinajstić information content (AvgIpc) is 2.77. The van der Waals surface area contributed by atoms with Gasteiger partial charge in [0.15, 0.2) is 0 Å². The number of rotatable bonds is 8. The smallest absolute Gasteiger partial charge is 0.255 e. The molecule has 1 N–H and O–H groups in total. The minimum atomic E-state index is 0.0911. The van der Waals surface area contributed by atoms with Gasteiger partial charge in [0, 0.05) is 18.8 Å². The monoisotopic (exact) mass is 383 g/mol. The van der Waals surface area contributed by atoms with Crippen LogP contribution >= 0.6 is 0 Å². The Kier molecular flexibility index (Phi) is 7.12. The summed E-state index contributed by atoms with van der Waals surface area (Å²) in [5.41, 5.74) is 0.653. The fourth-order valence-electron chi connectivity index (χ4n) is 3.50. The Hall–Kier alpha value is -2.76. The van der Waals surface area contributed by atoms with Crippen molar-refractivity contribution in [1.82, 2.24) is 9.88 Å². The molecule has 1 atom stereocenters. The first-order valence-corrected chi connectivity index (χ1v) is 9.99. The van der Waals surface area contributed by atoms with Gasteiger partial charge in [-0.3, -0.25) is 4.79 Å². The number of hydrogen-bond donors (Lipinski definition) is 1. The molecule has 1 unspecified atom stereocenters. The Morgan fingerprint density at radius 1 is 1.18 bits per heavy atom. The third kappa shape index (κ3) is 5.15. The SMILES string of the molecule is CCC1CCCCN1C(=O)c1ccc(NCCOc2ccc(OC)cc2)nc1. The van der Waals surface area contributed by atoms with E-state index in [9.17, 15) is 4.79 Å². The normalized spacial score (nSPS) is 16.5. The lowest BCUT2D eigenvalue weighted by atomic mass is 9.99. The van der Waals surface area contributed by atoms with Crippen LogP contribution in [0.25, 0.3) is 0 Å². The van der Waals surface area contributed by atoms with Crippen molar-refractivity contribution in [3.05, 3.63) is 48.2 Å². The number of carbonyl (C=O) groups excluding carboxylic acids is 1. The number of aromatic nitrogens is 1. The maximum atomic E-state index is 12.8. The zero-order valence-electron chi connectivity index (χ0n) is 16.7. The third-order valence-electron chi connectivity index (χ3n) is 5.11. The molecule has 1 saturated heterocycles. The minimum Gasteiger partial charge on any atom is -0.497 e. The van der Waals surface area contributed by atoms with Crippen LogP contribution in [0.1, 0.15) is 43.0 Å². The van der Waals surface area contributed by atoms with Crippen LogP contribution in [0, 0.1) is 0 Å². The molecule has 1 aliphatic rings. The van der Waals surface area contributed by atoms with Gasteiger partial charge in [-0.05, 0) is 62.1 Å². The van der Waals surface area contributed by atoms with Gasteiger partial charge in [0.05, 0.1) is 19.2 Å². The number of benzene rings is 1. The van der Waals surface area contributed by atoms with E-state index in [4.69, 9.17) is 9.47 Å². The number of nitrogens with zero attached hydrogens (tertiary/aromatic N) is 2. The van der Waals surface area contributed by atoms with Gasteiger partial charge in [0.2, 0.25) is 0 Å². The molecule has 3 rings (SSSR count). The number of methoxy groups -OCH3 is 1. The highest BCUT2D eigenvalue weighted by atomic mass is 16.5. The summed E-state index contributed by atoms with van der Waals surface area (Å²) in [6.45, 7) is 4.13. The predicted octanol–water partition coefficient (Wildman–Crippen LogP) is 3.99. The first-order valence-electron chi connectivity index (χ1n) is 9.99. The van der Waals surface area contributed by atoms with E-state index < -0.39 is 0 Å². The first kappa shape index (κ1) is 20.0. The van der Waals surface area contributed by atoms with Crippen molar-refractivity contribution in [2.24, 2.45) is 0 Å². The summed E-state index contributed by atoms with van der Waals surface area (Å²) in [5.74, 6) is 2.43. The topological polar surface area (TPSA) is 63.7 Å². The molecule has 2 aromatic rings. The molecule has 1 aliphatic heterocycles. The Morgan fingerprint density at radius 2 is 1.96 bits per heavy atom. The van der Waals surface area contributed by atoms with Gasteiger partial charge >= 0.3 is 0 Å². The van der Waals surface area contributed by atoms with Crippen LogP contribution < -0.4 is 14.8 Å². The molecule has 0 aliphatic carbocycles. The summed E-state index contributed by atoms with van der Waals surface area (Å²) in [5, 5.41) is 3.22. The van der Waals surface area contributed by atoms with E-state index in [0.29, 0.717) is 24.8 Å². The Bertz CT molecular complexity index is 747. The minimum absolute atomic E-state index is 0.0911. The summed E-state index contributed by atoms with van der Waals surface area (Å²) in [7, 11) is 1.64. The molecule has 1 fully saturated rings. The second-order valence-electron chi connectivity index (χ2n) is 6.94. The summed E-state index contributed by atoms with van der Waals surface area (Å²) in [6, 6.07) is 11.5. The summed E-state index contributed by atoms with van der Waals surface area (Å²) in [6.07, 6.45) is 6.07. The average molecular weight is 383 g/mol. The summed E-state index contributed by atoms with van der Waals surface area (Å²) < 4.78 is 10.8. The molecular formula is C22H29N3O3.